The van der Waals surface area contributed by atoms with Crippen molar-refractivity contribution in [2.24, 2.45) is 11.3 Å². The molecule has 0 aromatic carbocycles. The third-order valence-corrected chi connectivity index (χ3v) is 5.59. The fourth-order valence-electron chi connectivity index (χ4n) is 2.45. The number of hydrogen-bond acceptors (Lipinski definition) is 1. The first-order valence-electron chi connectivity index (χ1n) is 6.90. The van der Waals surface area contributed by atoms with Gasteiger partial charge in [-0.15, -0.1) is 0 Å². The van der Waals surface area contributed by atoms with Gasteiger partial charge in [-0.05, 0) is 37.0 Å². The van der Waals surface area contributed by atoms with E-state index in [0.717, 1.165) is 50.5 Å². The molecular weight excluding hydrogens is 278 g/mol. The minimum absolute atomic E-state index is 0.267. The number of carbonyl (C=O) groups is 1. The van der Waals surface area contributed by atoms with Gasteiger partial charge in [-0.3, -0.25) is 4.79 Å². The molecule has 0 N–H and O–H groups in total. The maximum atomic E-state index is 12.1. The van der Waals surface area contributed by atoms with Crippen LogP contribution in [0.15, 0.2) is 0 Å². The summed E-state index contributed by atoms with van der Waals surface area (Å²) in [6.07, 6.45) is 5.24. The predicted octanol–water partition coefficient (Wildman–Crippen LogP) is 3.84. The van der Waals surface area contributed by atoms with Crippen LogP contribution in [0.1, 0.15) is 52.9 Å². The van der Waals surface area contributed by atoms with Gasteiger partial charge < -0.3 is 4.90 Å². The van der Waals surface area contributed by atoms with Crippen molar-refractivity contribution in [3.8, 4) is 0 Å². The molecule has 1 aliphatic rings. The van der Waals surface area contributed by atoms with Crippen LogP contribution in [-0.2, 0) is 4.79 Å². The van der Waals surface area contributed by atoms with Crippen LogP contribution in [0, 0.1) is 11.3 Å². The molecule has 0 aliphatic carbocycles. The first kappa shape index (κ1) is 15.0. The molecule has 1 heterocycles. The van der Waals surface area contributed by atoms with Crippen LogP contribution in [0.3, 0.4) is 0 Å². The Hall–Kier alpha value is -0.0500. The van der Waals surface area contributed by atoms with Crippen molar-refractivity contribution in [3.63, 3.8) is 0 Å². The summed E-state index contributed by atoms with van der Waals surface area (Å²) in [5, 5.41) is 0.992. The van der Waals surface area contributed by atoms with E-state index in [-0.39, 0.29) is 5.41 Å². The molecular formula is C14H26BrNO. The van der Waals surface area contributed by atoms with Gasteiger partial charge in [0.2, 0.25) is 5.91 Å². The molecule has 0 saturated carbocycles. The van der Waals surface area contributed by atoms with Gasteiger partial charge in [0.15, 0.2) is 0 Å². The number of halogens is 1. The molecule has 1 aliphatic heterocycles. The summed E-state index contributed by atoms with van der Waals surface area (Å²) in [4.78, 5) is 14.2. The van der Waals surface area contributed by atoms with Crippen molar-refractivity contribution in [2.45, 2.75) is 52.9 Å². The van der Waals surface area contributed by atoms with Crippen LogP contribution in [0.25, 0.3) is 0 Å². The van der Waals surface area contributed by atoms with Crippen molar-refractivity contribution < 1.29 is 4.79 Å². The molecule has 1 rings (SSSR count). The highest BCUT2D eigenvalue weighted by Gasteiger charge is 2.30. The molecule has 0 aromatic rings. The quantitative estimate of drug-likeness (QED) is 0.707. The van der Waals surface area contributed by atoms with Crippen molar-refractivity contribution in [1.82, 2.24) is 4.90 Å². The second-order valence-electron chi connectivity index (χ2n) is 5.59. The van der Waals surface area contributed by atoms with E-state index in [9.17, 15) is 4.79 Å². The Labute approximate surface area is 114 Å². The Morgan fingerprint density at radius 1 is 1.35 bits per heavy atom. The van der Waals surface area contributed by atoms with Crippen molar-refractivity contribution >= 4 is 21.8 Å². The fraction of sp³-hybridized carbons (Fsp3) is 0.929. The second kappa shape index (κ2) is 6.77. The van der Waals surface area contributed by atoms with E-state index < -0.39 is 0 Å². The largest absolute Gasteiger partial charge is 0.342 e. The van der Waals surface area contributed by atoms with Gasteiger partial charge >= 0.3 is 0 Å². The number of nitrogens with zero attached hydrogens (tertiary/aromatic N) is 1. The SMILES string of the molecule is CCC(CC)(CBr)CN1CCC(C)CCC1=O. The molecule has 0 spiro atoms. The van der Waals surface area contributed by atoms with Crippen LogP contribution >= 0.6 is 15.9 Å². The van der Waals surface area contributed by atoms with Gasteiger partial charge in [0.25, 0.3) is 0 Å². The first-order chi connectivity index (χ1) is 8.06. The molecule has 1 amide bonds. The lowest BCUT2D eigenvalue weighted by atomic mass is 9.84. The Balaban J connectivity index is 2.67. The molecule has 1 fully saturated rings. The molecule has 0 aromatic heterocycles. The van der Waals surface area contributed by atoms with Crippen LogP contribution < -0.4 is 0 Å². The molecule has 2 nitrogen and oxygen atoms in total. The zero-order valence-corrected chi connectivity index (χ0v) is 13.1. The lowest BCUT2D eigenvalue weighted by molar-refractivity contribution is -0.132. The normalized spacial score (nSPS) is 22.7. The highest BCUT2D eigenvalue weighted by atomic mass is 79.9. The van der Waals surface area contributed by atoms with E-state index in [2.05, 4.69) is 41.6 Å². The number of hydrogen-bond donors (Lipinski definition) is 0. The Kier molecular flexibility index (Phi) is 5.98. The number of rotatable bonds is 5. The van der Waals surface area contributed by atoms with Crippen LogP contribution in [0.2, 0.25) is 0 Å². The lowest BCUT2D eigenvalue weighted by Gasteiger charge is -2.35. The van der Waals surface area contributed by atoms with Gasteiger partial charge in [-0.25, -0.2) is 0 Å². The molecule has 1 atom stereocenters. The maximum absolute atomic E-state index is 12.1. The highest BCUT2D eigenvalue weighted by molar-refractivity contribution is 9.09. The van der Waals surface area contributed by atoms with Gasteiger partial charge in [-0.2, -0.15) is 0 Å². The number of alkyl halides is 1. The van der Waals surface area contributed by atoms with Crippen molar-refractivity contribution in [3.05, 3.63) is 0 Å². The lowest BCUT2D eigenvalue weighted by Crippen LogP contribution is -2.41. The molecule has 100 valence electrons. The van der Waals surface area contributed by atoms with E-state index in [1.54, 1.807) is 0 Å². The zero-order chi connectivity index (χ0) is 12.9. The van der Waals surface area contributed by atoms with Crippen LogP contribution in [-0.4, -0.2) is 29.2 Å². The van der Waals surface area contributed by atoms with Crippen molar-refractivity contribution in [1.29, 1.82) is 0 Å². The standard InChI is InChI=1S/C14H26BrNO/c1-4-14(5-2,10-15)11-16-9-8-12(3)6-7-13(16)17/h12H,4-11H2,1-3H3. The molecule has 0 bridgehead atoms. The van der Waals surface area contributed by atoms with E-state index in [1.807, 2.05) is 0 Å². The molecule has 1 unspecified atom stereocenters. The molecule has 0 radical (unpaired) electrons. The summed E-state index contributed by atoms with van der Waals surface area (Å²) in [5.41, 5.74) is 0.267. The molecule has 3 heteroatoms. The minimum atomic E-state index is 0.267. The summed E-state index contributed by atoms with van der Waals surface area (Å²) in [6, 6.07) is 0. The molecule has 17 heavy (non-hydrogen) atoms. The third kappa shape index (κ3) is 3.97. The minimum Gasteiger partial charge on any atom is -0.342 e. The second-order valence-corrected chi connectivity index (χ2v) is 6.15. The average molecular weight is 304 g/mol. The fourth-order valence-corrected chi connectivity index (χ4v) is 3.42. The Morgan fingerprint density at radius 3 is 2.53 bits per heavy atom. The van der Waals surface area contributed by atoms with Gasteiger partial charge in [-0.1, -0.05) is 36.7 Å². The number of amides is 1. The third-order valence-electron chi connectivity index (χ3n) is 4.41. The monoisotopic (exact) mass is 303 g/mol. The van der Waals surface area contributed by atoms with Crippen molar-refractivity contribution in [2.75, 3.05) is 18.4 Å². The van der Waals surface area contributed by atoms with E-state index >= 15 is 0 Å². The first-order valence-corrected chi connectivity index (χ1v) is 8.02. The Bertz CT molecular complexity index is 242. The highest BCUT2D eigenvalue weighted by Crippen LogP contribution is 2.31. The summed E-state index contributed by atoms with van der Waals surface area (Å²) in [5.74, 6) is 1.06. The topological polar surface area (TPSA) is 20.3 Å². The summed E-state index contributed by atoms with van der Waals surface area (Å²) in [7, 11) is 0. The van der Waals surface area contributed by atoms with Gasteiger partial charge in [0.1, 0.15) is 0 Å². The molecule has 1 saturated heterocycles. The number of likely N-dealkylation sites (tertiary alicyclic amines) is 1. The zero-order valence-electron chi connectivity index (χ0n) is 11.5. The van der Waals surface area contributed by atoms with Gasteiger partial charge in [0, 0.05) is 24.8 Å². The maximum Gasteiger partial charge on any atom is 0.222 e. The van der Waals surface area contributed by atoms with E-state index in [0.29, 0.717) is 11.8 Å². The summed E-state index contributed by atoms with van der Waals surface area (Å²) >= 11 is 3.63. The van der Waals surface area contributed by atoms with E-state index in [4.69, 9.17) is 0 Å². The summed E-state index contributed by atoms with van der Waals surface area (Å²) < 4.78 is 0. The smallest absolute Gasteiger partial charge is 0.222 e. The van der Waals surface area contributed by atoms with E-state index in [1.165, 1.54) is 0 Å². The predicted molar refractivity (Wildman–Crippen MR) is 76.4 cm³/mol. The van der Waals surface area contributed by atoms with Crippen LogP contribution in [0.5, 0.6) is 0 Å². The number of carbonyl (C=O) groups excluding carboxylic acids is 1. The average Bonchev–Trinajstić information content (AvgIpc) is 2.51. The van der Waals surface area contributed by atoms with Crippen LogP contribution in [0.4, 0.5) is 0 Å². The summed E-state index contributed by atoms with van der Waals surface area (Å²) in [6.45, 7) is 8.60. The van der Waals surface area contributed by atoms with Gasteiger partial charge in [0.05, 0.1) is 0 Å². The Morgan fingerprint density at radius 2 is 2.00 bits per heavy atom.